The van der Waals surface area contributed by atoms with Crippen molar-refractivity contribution >= 4 is 11.1 Å². The van der Waals surface area contributed by atoms with E-state index in [1.807, 2.05) is 0 Å². The van der Waals surface area contributed by atoms with E-state index in [2.05, 4.69) is 106 Å². The Kier molecular flexibility index (Phi) is 7.62. The monoisotopic (exact) mass is 569 g/mol. The fraction of sp³-hybridized carbons (Fsp3) is 0.484. The van der Waals surface area contributed by atoms with Gasteiger partial charge in [-0.1, -0.05) is 92.9 Å². The van der Waals surface area contributed by atoms with Gasteiger partial charge in [-0.2, -0.15) is 5.56 Å². The first-order valence-corrected chi connectivity index (χ1v) is 11.8. The van der Waals surface area contributed by atoms with Crippen molar-refractivity contribution in [2.45, 2.75) is 86.5 Å². The Balaban J connectivity index is 0.00000136. The number of rotatable bonds is 0. The zero-order chi connectivity index (χ0) is 22.7. The van der Waals surface area contributed by atoms with Crippen molar-refractivity contribution in [2.75, 3.05) is 0 Å². The molecule has 0 aliphatic heterocycles. The maximum absolute atomic E-state index is 3.85. The van der Waals surface area contributed by atoms with Gasteiger partial charge >= 0.3 is 26.2 Å². The molecule has 3 heteroatoms. The largest absolute Gasteiger partial charge is 3.00 e. The maximum atomic E-state index is 3.85. The molecule has 0 N–H and O–H groups in total. The SMILES string of the molecule is CC(C)(C)C1=[C-]C(C)(C)c2cc3c(cc21)-c1cc2c(cc1C3)C(C)(C)C=C2C(C)(C)C.[Cl-].[Cl-].[Zr+3]. The molecule has 0 spiro atoms. The second-order valence-electron chi connectivity index (χ2n) is 13.2. The third-order valence-electron chi connectivity index (χ3n) is 7.59. The van der Waals surface area contributed by atoms with Gasteiger partial charge in [0.05, 0.1) is 0 Å². The topological polar surface area (TPSA) is 0 Å². The Morgan fingerprint density at radius 2 is 1.18 bits per heavy atom. The second kappa shape index (κ2) is 8.75. The molecule has 34 heavy (non-hydrogen) atoms. The molecule has 0 heterocycles. The maximum Gasteiger partial charge on any atom is 3.00 e. The summed E-state index contributed by atoms with van der Waals surface area (Å²) in [6.07, 6.45) is 7.41. The first-order valence-electron chi connectivity index (χ1n) is 11.8. The van der Waals surface area contributed by atoms with Crippen LogP contribution in [0.25, 0.3) is 22.3 Å². The molecule has 0 amide bonds. The average molecular weight is 572 g/mol. The van der Waals surface area contributed by atoms with Crippen LogP contribution in [0.3, 0.4) is 0 Å². The van der Waals surface area contributed by atoms with Crippen molar-refractivity contribution in [3.8, 4) is 11.1 Å². The number of fused-ring (bicyclic) bond motifs is 5. The van der Waals surface area contributed by atoms with Gasteiger partial charge in [-0.15, -0.1) is 11.6 Å². The molecule has 0 atom stereocenters. The predicted octanol–water partition coefficient (Wildman–Crippen LogP) is 2.51. The molecule has 0 nitrogen and oxygen atoms in total. The zero-order valence-electron chi connectivity index (χ0n) is 22.3. The Labute approximate surface area is 239 Å². The van der Waals surface area contributed by atoms with Crippen LogP contribution in [0.5, 0.6) is 0 Å². The van der Waals surface area contributed by atoms with E-state index >= 15 is 0 Å². The molecule has 2 aromatic carbocycles. The molecule has 0 saturated carbocycles. The van der Waals surface area contributed by atoms with Gasteiger partial charge in [0.25, 0.3) is 0 Å². The summed E-state index contributed by atoms with van der Waals surface area (Å²) in [5.41, 5.74) is 14.9. The molecular formula is C31H37Cl2Zr. The quantitative estimate of drug-likeness (QED) is 0.364. The number of benzene rings is 2. The minimum atomic E-state index is -0.0202. The third kappa shape index (κ3) is 4.37. The van der Waals surface area contributed by atoms with E-state index in [4.69, 9.17) is 0 Å². The van der Waals surface area contributed by atoms with E-state index in [-0.39, 0.29) is 72.7 Å². The third-order valence-corrected chi connectivity index (χ3v) is 7.59. The summed E-state index contributed by atoms with van der Waals surface area (Å²) in [5, 5.41) is 0. The van der Waals surface area contributed by atoms with Crippen molar-refractivity contribution in [3.05, 3.63) is 69.8 Å². The van der Waals surface area contributed by atoms with E-state index in [0.29, 0.717) is 0 Å². The van der Waals surface area contributed by atoms with Crippen LogP contribution in [0, 0.1) is 16.9 Å². The molecule has 1 radical (unpaired) electrons. The molecule has 2 aromatic rings. The van der Waals surface area contributed by atoms with Gasteiger partial charge in [-0.05, 0) is 62.3 Å². The van der Waals surface area contributed by atoms with Gasteiger partial charge in [0.15, 0.2) is 0 Å². The summed E-state index contributed by atoms with van der Waals surface area (Å²) in [4.78, 5) is 0. The van der Waals surface area contributed by atoms with Crippen LogP contribution >= 0.6 is 0 Å². The number of allylic oxidation sites excluding steroid dienone is 4. The van der Waals surface area contributed by atoms with Crippen molar-refractivity contribution < 1.29 is 51.0 Å². The minimum absolute atomic E-state index is 0. The van der Waals surface area contributed by atoms with E-state index in [0.717, 1.165) is 6.42 Å². The van der Waals surface area contributed by atoms with Crippen LogP contribution in [0.4, 0.5) is 0 Å². The molecule has 5 rings (SSSR count). The molecule has 0 bridgehead atoms. The van der Waals surface area contributed by atoms with Crippen LogP contribution in [-0.4, -0.2) is 0 Å². The Morgan fingerprint density at radius 3 is 1.68 bits per heavy atom. The molecule has 0 aromatic heterocycles. The van der Waals surface area contributed by atoms with Gasteiger partial charge in [0.2, 0.25) is 0 Å². The molecule has 179 valence electrons. The first kappa shape index (κ1) is 29.6. The van der Waals surface area contributed by atoms with E-state index in [1.54, 1.807) is 0 Å². The summed E-state index contributed by atoms with van der Waals surface area (Å²) >= 11 is 0. The summed E-state index contributed by atoms with van der Waals surface area (Å²) < 4.78 is 0. The van der Waals surface area contributed by atoms with Crippen LogP contribution in [0.15, 0.2) is 30.3 Å². The molecule has 3 aliphatic rings. The fourth-order valence-corrected chi connectivity index (χ4v) is 5.94. The Hall–Kier alpha value is -0.617. The zero-order valence-corrected chi connectivity index (χ0v) is 26.3. The molecule has 0 unspecified atom stereocenters. The van der Waals surface area contributed by atoms with Crippen LogP contribution in [0.1, 0.15) is 103 Å². The average Bonchev–Trinajstić information content (AvgIpc) is 3.19. The fourth-order valence-electron chi connectivity index (χ4n) is 5.94. The van der Waals surface area contributed by atoms with Gasteiger partial charge in [-0.25, -0.2) is 5.57 Å². The van der Waals surface area contributed by atoms with Crippen molar-refractivity contribution in [1.29, 1.82) is 0 Å². The minimum Gasteiger partial charge on any atom is -1.00 e. The summed E-state index contributed by atoms with van der Waals surface area (Å²) in [6, 6.07) is 10.0. The van der Waals surface area contributed by atoms with Crippen molar-refractivity contribution in [2.24, 2.45) is 10.8 Å². The smallest absolute Gasteiger partial charge is 1.00 e. The van der Waals surface area contributed by atoms with Gasteiger partial charge in [-0.3, -0.25) is 6.08 Å². The van der Waals surface area contributed by atoms with Crippen LogP contribution in [0.2, 0.25) is 0 Å². The van der Waals surface area contributed by atoms with Crippen LogP contribution in [-0.2, 0) is 43.5 Å². The summed E-state index contributed by atoms with van der Waals surface area (Å²) in [7, 11) is 0. The number of hydrogen-bond donors (Lipinski definition) is 0. The molecule has 0 fully saturated rings. The number of hydrogen-bond acceptors (Lipinski definition) is 0. The van der Waals surface area contributed by atoms with E-state index < -0.39 is 0 Å². The first-order chi connectivity index (χ1) is 14.1. The van der Waals surface area contributed by atoms with Gasteiger partial charge in [0, 0.05) is 5.41 Å². The summed E-state index contributed by atoms with van der Waals surface area (Å²) in [5.74, 6) is 0. The second-order valence-corrected chi connectivity index (χ2v) is 13.2. The van der Waals surface area contributed by atoms with Gasteiger partial charge in [0.1, 0.15) is 0 Å². The van der Waals surface area contributed by atoms with Crippen molar-refractivity contribution in [1.82, 2.24) is 0 Å². The molecular weight excluding hydrogens is 534 g/mol. The molecule has 0 saturated heterocycles. The van der Waals surface area contributed by atoms with Crippen LogP contribution < -0.4 is 24.8 Å². The normalized spacial score (nSPS) is 18.3. The van der Waals surface area contributed by atoms with E-state index in [9.17, 15) is 0 Å². The predicted molar refractivity (Wildman–Crippen MR) is 134 cm³/mol. The standard InChI is InChI=1S/C31H37.2ClH.Zr/c1-28(2,3)26-16-30(7,8)24-12-18-11-19-13-25-23(15-21(19)20(18)14-22(24)26)27(29(4,5)6)17-31(25,9)10;;;/h12-16H,11H2,1-10H3;2*1H;/q-1;;;+3/p-2. The van der Waals surface area contributed by atoms with Crippen molar-refractivity contribution in [3.63, 3.8) is 0 Å². The van der Waals surface area contributed by atoms with Gasteiger partial charge < -0.3 is 24.8 Å². The number of halogens is 2. The molecule has 3 aliphatic carbocycles. The Bertz CT molecular complexity index is 1120. The Morgan fingerprint density at radius 1 is 0.676 bits per heavy atom. The summed E-state index contributed by atoms with van der Waals surface area (Å²) in [6.45, 7) is 23.3. The van der Waals surface area contributed by atoms with E-state index in [1.165, 1.54) is 55.7 Å².